The van der Waals surface area contributed by atoms with Gasteiger partial charge in [0.2, 0.25) is 0 Å². The molecule has 0 atom stereocenters. The number of hydrogen-bond donors (Lipinski definition) is 0. The predicted octanol–water partition coefficient (Wildman–Crippen LogP) is 12.1. The van der Waals surface area contributed by atoms with Gasteiger partial charge in [0.15, 0.2) is 0 Å². The van der Waals surface area contributed by atoms with Gasteiger partial charge in [-0.1, -0.05) is 223 Å². The Morgan fingerprint density at radius 2 is 0.243 bits per heavy atom. The van der Waals surface area contributed by atoms with Crippen molar-refractivity contribution >= 4 is 65.9 Å². The van der Waals surface area contributed by atoms with Gasteiger partial charge in [-0.2, -0.15) is 0 Å². The first kappa shape index (κ1) is 49.1. The molecule has 0 unspecified atom stereocenters. The molecule has 0 amide bonds. The van der Waals surface area contributed by atoms with Crippen molar-refractivity contribution in [3.8, 4) is 0 Å². The van der Waals surface area contributed by atoms with Crippen molar-refractivity contribution in [1.82, 2.24) is 0 Å². The van der Waals surface area contributed by atoms with E-state index in [0.717, 1.165) is 0 Å². The summed E-state index contributed by atoms with van der Waals surface area (Å²) in [7, 11) is -8.85. The maximum Gasteiger partial charge on any atom is 4.00 e. The van der Waals surface area contributed by atoms with Crippen molar-refractivity contribution < 1.29 is 25.8 Å². The zero-order valence-electron chi connectivity index (χ0n) is 30.3. The number of hydrogen-bond acceptors (Lipinski definition) is 0. The van der Waals surface area contributed by atoms with Gasteiger partial charge in [-0.3, -0.25) is 0 Å². The molecule has 13 heteroatoms. The largest absolute Gasteiger partial charge is 4.00 e. The van der Waals surface area contributed by atoms with Crippen molar-refractivity contribution in [3.63, 3.8) is 0 Å². The molecule has 0 aliphatic carbocycles. The van der Waals surface area contributed by atoms with Gasteiger partial charge < -0.3 is 18.6 Å². The zero-order valence-corrected chi connectivity index (χ0v) is 41.9. The second kappa shape index (κ2) is 18.2. The molecule has 37 heavy (non-hydrogen) atoms. The van der Waals surface area contributed by atoms with E-state index in [-0.39, 0.29) is 25.8 Å². The molecule has 0 rings (SSSR count). The van der Waals surface area contributed by atoms with Crippen molar-refractivity contribution in [2.45, 2.75) is 157 Å². The van der Waals surface area contributed by atoms with Crippen LogP contribution < -0.4 is 0 Å². The average molecular weight is 820 g/mol. The molecule has 0 N–H and O–H groups in total. The summed E-state index contributed by atoms with van der Waals surface area (Å²) in [5.41, 5.74) is 0. The Morgan fingerprint density at radius 1 is 0.189 bits per heavy atom. The average Bonchev–Trinajstić information content (AvgIpc) is 2.19. The summed E-state index contributed by atoms with van der Waals surface area (Å²) in [6, 6.07) is 0. The predicted molar refractivity (Wildman–Crippen MR) is 200 cm³/mol. The normalized spacial score (nSPS) is 13.6. The van der Waals surface area contributed by atoms with Crippen molar-refractivity contribution in [2.75, 3.05) is 0 Å². The molecule has 0 heterocycles. The fraction of sp³-hybridized carbons (Fsp3) is 1.00. The van der Waals surface area contributed by atoms with Gasteiger partial charge in [0.1, 0.15) is 0 Å². The summed E-state index contributed by atoms with van der Waals surface area (Å²) in [5.74, 6) is 0. The molecule has 0 aliphatic heterocycles. The van der Waals surface area contributed by atoms with E-state index in [1.165, 1.54) is 0 Å². The van der Waals surface area contributed by atoms with E-state index < -0.39 is 65.9 Å². The van der Waals surface area contributed by atoms with Crippen LogP contribution in [0.5, 0.6) is 0 Å². The van der Waals surface area contributed by atoms with E-state index in [2.05, 4.69) is 157 Å². The fourth-order valence-corrected chi connectivity index (χ4v) is 36.2. The minimum absolute atomic E-state index is 0. The van der Waals surface area contributed by atoms with Gasteiger partial charge in [0.05, 0.1) is 0 Å². The van der Waals surface area contributed by atoms with Crippen molar-refractivity contribution in [1.29, 1.82) is 0 Å². The second-order valence-electron chi connectivity index (χ2n) is 17.8. The molecule has 0 aromatic rings. The summed E-state index contributed by atoms with van der Waals surface area (Å²) >= 11 is 0. The third kappa shape index (κ3) is 73.0. The molecule has 0 radical (unpaired) electrons. The van der Waals surface area contributed by atoms with Gasteiger partial charge in [0.25, 0.3) is 0 Å². The summed E-state index contributed by atoms with van der Waals surface area (Å²) in [6.45, 7) is 55.1. The molecule has 0 bridgehead atoms. The molecule has 0 saturated heterocycles. The Labute approximate surface area is 265 Å². The van der Waals surface area contributed by atoms with Crippen molar-refractivity contribution in [2.24, 2.45) is 0 Å². The van der Waals surface area contributed by atoms with Gasteiger partial charge in [0, 0.05) is 0 Å². The Morgan fingerprint density at radius 3 is 0.243 bits per heavy atom. The standard InChI is InChI=1S/4C6H18NSi2.Hf/c4*1-8(2,3)7-9(4,5)6;/h4*1-6H3;/q4*-1;+4. The molecule has 0 aromatic carbocycles. The molecule has 0 aliphatic rings. The van der Waals surface area contributed by atoms with Gasteiger partial charge in [-0.15, -0.1) is 0 Å². The first-order chi connectivity index (χ1) is 14.8. The quantitative estimate of drug-likeness (QED) is 0.219. The minimum atomic E-state index is -1.11. The van der Waals surface area contributed by atoms with Crippen LogP contribution in [0.3, 0.4) is 0 Å². The molecular formula is C24H72HfN4Si8. The third-order valence-electron chi connectivity index (χ3n) is 2.68. The molecular weight excluding hydrogens is 747 g/mol. The summed E-state index contributed by atoms with van der Waals surface area (Å²) < 4.78 is 19.3. The third-order valence-corrected chi connectivity index (χ3v) is 24.1. The molecule has 4 nitrogen and oxygen atoms in total. The second-order valence-corrected chi connectivity index (χ2v) is 56.1. The van der Waals surface area contributed by atoms with Gasteiger partial charge in [-0.25, -0.2) is 0 Å². The Kier molecular flexibility index (Phi) is 24.2. The van der Waals surface area contributed by atoms with Crippen LogP contribution >= 0.6 is 0 Å². The zero-order chi connectivity index (χ0) is 30.8. The van der Waals surface area contributed by atoms with Crippen LogP contribution in [-0.4, -0.2) is 65.9 Å². The van der Waals surface area contributed by atoms with E-state index in [1.807, 2.05) is 0 Å². The van der Waals surface area contributed by atoms with Crippen LogP contribution in [0.15, 0.2) is 0 Å². The summed E-state index contributed by atoms with van der Waals surface area (Å²) in [4.78, 5) is 0. The Balaban J connectivity index is -0.000000122. The summed E-state index contributed by atoms with van der Waals surface area (Å²) in [6.07, 6.45) is 0. The number of nitrogens with zero attached hydrogens (tertiary/aromatic N) is 4. The minimum Gasteiger partial charge on any atom is -0.668 e. The van der Waals surface area contributed by atoms with Gasteiger partial charge >= 0.3 is 25.8 Å². The molecule has 0 saturated carbocycles. The Bertz CT molecular complexity index is 415. The van der Waals surface area contributed by atoms with Crippen LogP contribution in [0, 0.1) is 0 Å². The van der Waals surface area contributed by atoms with Gasteiger partial charge in [-0.05, 0) is 0 Å². The number of rotatable bonds is 8. The Hall–Kier alpha value is 2.45. The molecule has 224 valence electrons. The van der Waals surface area contributed by atoms with Crippen LogP contribution in [0.25, 0.3) is 18.6 Å². The SMILES string of the molecule is C[Si](C)(C)[N-][Si](C)(C)C.C[Si](C)(C)[N-][Si](C)(C)C.C[Si](C)(C)[N-][Si](C)(C)C.C[Si](C)(C)[N-][Si](C)(C)C.[Hf+4]. The first-order valence-corrected chi connectivity index (χ1v) is 41.4. The van der Waals surface area contributed by atoms with E-state index in [9.17, 15) is 0 Å². The molecule has 0 aromatic heterocycles. The smallest absolute Gasteiger partial charge is 0.668 e. The fourth-order valence-electron chi connectivity index (χ4n) is 4.02. The van der Waals surface area contributed by atoms with E-state index in [4.69, 9.17) is 18.6 Å². The first-order valence-electron chi connectivity index (χ1n) is 13.8. The van der Waals surface area contributed by atoms with Crippen LogP contribution in [0.1, 0.15) is 0 Å². The molecule has 0 fully saturated rings. The molecule has 0 spiro atoms. The topological polar surface area (TPSA) is 56.4 Å². The maximum absolute atomic E-state index is 4.82. The van der Waals surface area contributed by atoms with E-state index >= 15 is 0 Å². The van der Waals surface area contributed by atoms with E-state index in [1.54, 1.807) is 0 Å². The monoisotopic (exact) mass is 820 g/mol. The van der Waals surface area contributed by atoms with Crippen LogP contribution in [0.2, 0.25) is 157 Å². The van der Waals surface area contributed by atoms with Crippen LogP contribution in [0.4, 0.5) is 0 Å². The maximum atomic E-state index is 4.82. The summed E-state index contributed by atoms with van der Waals surface area (Å²) in [5, 5.41) is 0. The van der Waals surface area contributed by atoms with E-state index in [0.29, 0.717) is 0 Å². The van der Waals surface area contributed by atoms with Crippen LogP contribution in [-0.2, 0) is 25.8 Å². The van der Waals surface area contributed by atoms with Crippen molar-refractivity contribution in [3.05, 3.63) is 18.6 Å².